The van der Waals surface area contributed by atoms with Crippen LogP contribution in [-0.4, -0.2) is 22.2 Å². The first-order valence-electron chi connectivity index (χ1n) is 6.01. The summed E-state index contributed by atoms with van der Waals surface area (Å²) in [5, 5.41) is 0.641. The lowest BCUT2D eigenvalue weighted by atomic mass is 10.2. The van der Waals surface area contributed by atoms with Gasteiger partial charge in [0.25, 0.3) is 5.91 Å². The van der Waals surface area contributed by atoms with Gasteiger partial charge in [-0.2, -0.15) is 0 Å². The Morgan fingerprint density at radius 1 is 1.37 bits per heavy atom. The molecule has 0 unspecified atom stereocenters. The Labute approximate surface area is 128 Å². The first-order chi connectivity index (χ1) is 9.04. The predicted molar refractivity (Wildman–Crippen MR) is 81.8 cm³/mol. The molecule has 0 saturated heterocycles. The average molecular weight is 321 g/mol. The van der Waals surface area contributed by atoms with E-state index in [9.17, 15) is 4.79 Å². The van der Waals surface area contributed by atoms with Crippen LogP contribution in [0.15, 0.2) is 36.4 Å². The molecule has 0 N–H and O–H groups in total. The van der Waals surface area contributed by atoms with E-state index < -0.39 is 4.84 Å². The van der Waals surface area contributed by atoms with Crippen molar-refractivity contribution < 1.29 is 4.79 Å². The number of rotatable bonds is 6. The monoisotopic (exact) mass is 319 g/mol. The van der Waals surface area contributed by atoms with Crippen molar-refractivity contribution in [3.05, 3.63) is 47.0 Å². The van der Waals surface area contributed by atoms with E-state index in [2.05, 4.69) is 0 Å². The van der Waals surface area contributed by atoms with Crippen molar-refractivity contribution in [2.75, 3.05) is 6.54 Å². The highest BCUT2D eigenvalue weighted by molar-refractivity contribution is 6.53. The van der Waals surface area contributed by atoms with E-state index in [1.807, 2.05) is 37.3 Å². The zero-order valence-electron chi connectivity index (χ0n) is 10.7. The van der Waals surface area contributed by atoms with Gasteiger partial charge in [-0.15, -0.1) is 0 Å². The molecule has 0 heterocycles. The van der Waals surface area contributed by atoms with Crippen LogP contribution in [0.2, 0.25) is 5.02 Å². The molecule has 0 fully saturated rings. The van der Waals surface area contributed by atoms with Crippen LogP contribution >= 0.6 is 34.8 Å². The number of allylic oxidation sites excluding steroid dienone is 1. The van der Waals surface area contributed by atoms with E-state index in [1.165, 1.54) is 0 Å². The molecule has 1 aromatic carbocycles. The molecular formula is C14H16Cl3NO. The minimum atomic E-state index is -1.05. The van der Waals surface area contributed by atoms with Crippen molar-refractivity contribution in [1.82, 2.24) is 4.90 Å². The fourth-order valence-corrected chi connectivity index (χ4v) is 2.08. The summed E-state index contributed by atoms with van der Waals surface area (Å²) in [6.07, 6.45) is 4.85. The standard InChI is InChI=1S/C14H16Cl3NO/c1-2-3-4-8-18(14(19)13(16)17)10-11-6-5-7-12(15)9-11/h3-7,9,13H,2,8,10H2,1H3. The smallest absolute Gasteiger partial charge is 0.256 e. The van der Waals surface area contributed by atoms with Gasteiger partial charge in [0.1, 0.15) is 0 Å². The largest absolute Gasteiger partial charge is 0.332 e. The van der Waals surface area contributed by atoms with E-state index in [4.69, 9.17) is 34.8 Å². The molecule has 0 aliphatic heterocycles. The number of hydrogen-bond donors (Lipinski definition) is 0. The molecule has 1 rings (SSSR count). The number of hydrogen-bond acceptors (Lipinski definition) is 1. The summed E-state index contributed by atoms with van der Waals surface area (Å²) in [4.78, 5) is 12.5. The lowest BCUT2D eigenvalue weighted by Gasteiger charge is -2.22. The van der Waals surface area contributed by atoms with Gasteiger partial charge in [0, 0.05) is 18.1 Å². The summed E-state index contributed by atoms with van der Waals surface area (Å²) < 4.78 is 0. The maximum atomic E-state index is 11.9. The van der Waals surface area contributed by atoms with Gasteiger partial charge < -0.3 is 4.90 Å². The normalized spacial score (nSPS) is 11.2. The number of amides is 1. The molecule has 104 valence electrons. The zero-order valence-corrected chi connectivity index (χ0v) is 12.9. The summed E-state index contributed by atoms with van der Waals surface area (Å²) in [6, 6.07) is 7.37. The number of nitrogens with zero attached hydrogens (tertiary/aromatic N) is 1. The second-order valence-corrected chi connectivity index (χ2v) is 5.56. The molecule has 0 aromatic heterocycles. The fraction of sp³-hybridized carbons (Fsp3) is 0.357. The van der Waals surface area contributed by atoms with Gasteiger partial charge in [-0.1, -0.05) is 66.0 Å². The van der Waals surface area contributed by atoms with E-state index in [1.54, 1.807) is 11.0 Å². The molecule has 5 heteroatoms. The van der Waals surface area contributed by atoms with E-state index >= 15 is 0 Å². The van der Waals surface area contributed by atoms with Crippen LogP contribution < -0.4 is 0 Å². The minimum absolute atomic E-state index is 0.302. The van der Waals surface area contributed by atoms with Crippen molar-refractivity contribution in [3.63, 3.8) is 0 Å². The SMILES string of the molecule is CCC=CCN(Cc1cccc(Cl)c1)C(=O)C(Cl)Cl. The third-order valence-corrected chi connectivity index (χ3v) is 3.10. The Balaban J connectivity index is 2.78. The van der Waals surface area contributed by atoms with E-state index in [0.717, 1.165) is 12.0 Å². The lowest BCUT2D eigenvalue weighted by molar-refractivity contribution is -0.129. The van der Waals surface area contributed by atoms with Crippen LogP contribution in [0.1, 0.15) is 18.9 Å². The molecule has 0 saturated carbocycles. The van der Waals surface area contributed by atoms with Crippen molar-refractivity contribution >= 4 is 40.7 Å². The average Bonchev–Trinajstić information content (AvgIpc) is 2.37. The lowest BCUT2D eigenvalue weighted by Crippen LogP contribution is -2.34. The van der Waals surface area contributed by atoms with Gasteiger partial charge >= 0.3 is 0 Å². The van der Waals surface area contributed by atoms with Crippen molar-refractivity contribution in [1.29, 1.82) is 0 Å². The molecular weight excluding hydrogens is 305 g/mol. The Bertz CT molecular complexity index is 446. The van der Waals surface area contributed by atoms with Gasteiger partial charge in [0.05, 0.1) is 0 Å². The number of carbonyl (C=O) groups is 1. The van der Waals surface area contributed by atoms with Gasteiger partial charge in [0.15, 0.2) is 4.84 Å². The van der Waals surface area contributed by atoms with Gasteiger partial charge in [-0.25, -0.2) is 0 Å². The summed E-state index contributed by atoms with van der Waals surface area (Å²) in [5.41, 5.74) is 0.944. The maximum Gasteiger partial charge on any atom is 0.256 e. The topological polar surface area (TPSA) is 20.3 Å². The highest BCUT2D eigenvalue weighted by atomic mass is 35.5. The molecule has 0 bridgehead atoms. The Hall–Kier alpha value is -0.700. The van der Waals surface area contributed by atoms with Crippen LogP contribution in [0.3, 0.4) is 0 Å². The maximum absolute atomic E-state index is 11.9. The van der Waals surface area contributed by atoms with E-state index in [-0.39, 0.29) is 5.91 Å². The third kappa shape index (κ3) is 5.85. The predicted octanol–water partition coefficient (Wildman–Crippen LogP) is 4.44. The third-order valence-electron chi connectivity index (χ3n) is 2.49. The summed E-state index contributed by atoms with van der Waals surface area (Å²) in [5.74, 6) is -0.302. The van der Waals surface area contributed by atoms with Gasteiger partial charge in [0.2, 0.25) is 0 Å². The Morgan fingerprint density at radius 2 is 2.11 bits per heavy atom. The summed E-state index contributed by atoms with van der Waals surface area (Å²) in [7, 11) is 0. The molecule has 0 aliphatic carbocycles. The van der Waals surface area contributed by atoms with Crippen LogP contribution in [0.25, 0.3) is 0 Å². The first-order valence-corrected chi connectivity index (χ1v) is 7.26. The van der Waals surface area contributed by atoms with Crippen LogP contribution in [0.4, 0.5) is 0 Å². The summed E-state index contributed by atoms with van der Waals surface area (Å²) in [6.45, 7) is 2.95. The minimum Gasteiger partial charge on any atom is -0.332 e. The number of alkyl halides is 2. The van der Waals surface area contributed by atoms with Crippen LogP contribution in [0.5, 0.6) is 0 Å². The highest BCUT2D eigenvalue weighted by Gasteiger charge is 2.19. The number of halogens is 3. The quantitative estimate of drug-likeness (QED) is 0.560. The summed E-state index contributed by atoms with van der Waals surface area (Å²) >= 11 is 17.2. The van der Waals surface area contributed by atoms with Gasteiger partial charge in [-0.05, 0) is 24.1 Å². The molecule has 2 nitrogen and oxygen atoms in total. The fourth-order valence-electron chi connectivity index (χ4n) is 1.59. The molecule has 19 heavy (non-hydrogen) atoms. The molecule has 0 spiro atoms. The molecule has 1 aromatic rings. The van der Waals surface area contributed by atoms with Crippen molar-refractivity contribution in [3.8, 4) is 0 Å². The molecule has 0 aliphatic rings. The first kappa shape index (κ1) is 16.4. The highest BCUT2D eigenvalue weighted by Crippen LogP contribution is 2.15. The zero-order chi connectivity index (χ0) is 14.3. The van der Waals surface area contributed by atoms with Gasteiger partial charge in [-0.3, -0.25) is 4.79 Å². The molecule has 1 amide bonds. The van der Waals surface area contributed by atoms with Crippen molar-refractivity contribution in [2.45, 2.75) is 24.7 Å². The molecule has 0 radical (unpaired) electrons. The van der Waals surface area contributed by atoms with Crippen molar-refractivity contribution in [2.24, 2.45) is 0 Å². The second kappa shape index (κ2) is 8.47. The number of carbonyl (C=O) groups excluding carboxylic acids is 1. The Kier molecular flexibility index (Phi) is 7.29. The second-order valence-electron chi connectivity index (χ2n) is 4.03. The van der Waals surface area contributed by atoms with Crippen LogP contribution in [-0.2, 0) is 11.3 Å². The van der Waals surface area contributed by atoms with E-state index in [0.29, 0.717) is 18.1 Å². The Morgan fingerprint density at radius 3 is 2.68 bits per heavy atom. The number of benzene rings is 1. The molecule has 0 atom stereocenters. The van der Waals surface area contributed by atoms with Crippen LogP contribution in [0, 0.1) is 0 Å².